The van der Waals surface area contributed by atoms with Gasteiger partial charge in [-0.25, -0.2) is 4.98 Å². The van der Waals surface area contributed by atoms with Gasteiger partial charge in [-0.05, 0) is 6.42 Å². The molecule has 0 bridgehead atoms. The summed E-state index contributed by atoms with van der Waals surface area (Å²) in [5.74, 6) is 0.116. The van der Waals surface area contributed by atoms with Crippen molar-refractivity contribution < 1.29 is 4.79 Å². The van der Waals surface area contributed by atoms with Crippen LogP contribution in [0.2, 0.25) is 0 Å². The second-order valence-corrected chi connectivity index (χ2v) is 2.86. The molecule has 1 aromatic heterocycles. The first-order valence-electron chi connectivity index (χ1n) is 4.55. The van der Waals surface area contributed by atoms with Gasteiger partial charge in [0.1, 0.15) is 0 Å². The topological polar surface area (TPSA) is 46.9 Å². The number of amides is 1. The zero-order chi connectivity index (χ0) is 9.52. The second-order valence-electron chi connectivity index (χ2n) is 2.86. The van der Waals surface area contributed by atoms with Crippen molar-refractivity contribution in [3.63, 3.8) is 0 Å². The van der Waals surface area contributed by atoms with Gasteiger partial charge in [0, 0.05) is 31.9 Å². The average Bonchev–Trinajstić information content (AvgIpc) is 2.64. The van der Waals surface area contributed by atoms with Crippen molar-refractivity contribution in [3.05, 3.63) is 18.7 Å². The molecule has 4 heteroatoms. The molecule has 1 amide bonds. The standard InChI is InChI=1S/C9H15N3O/c1-2-9(13)11-4-3-6-12-7-5-10-8-12/h5,7-8H,2-4,6H2,1H3,(H,11,13). The largest absolute Gasteiger partial charge is 0.356 e. The maximum atomic E-state index is 10.8. The molecule has 0 aliphatic rings. The van der Waals surface area contributed by atoms with Crippen LogP contribution in [0.25, 0.3) is 0 Å². The molecule has 0 saturated carbocycles. The summed E-state index contributed by atoms with van der Waals surface area (Å²) in [5.41, 5.74) is 0. The van der Waals surface area contributed by atoms with Crippen LogP contribution in [0.15, 0.2) is 18.7 Å². The number of imidazole rings is 1. The van der Waals surface area contributed by atoms with E-state index in [-0.39, 0.29) is 5.91 Å². The maximum Gasteiger partial charge on any atom is 0.219 e. The molecule has 1 N–H and O–H groups in total. The lowest BCUT2D eigenvalue weighted by molar-refractivity contribution is -0.120. The number of rotatable bonds is 5. The van der Waals surface area contributed by atoms with Gasteiger partial charge in [0.05, 0.1) is 6.33 Å². The van der Waals surface area contributed by atoms with Crippen molar-refractivity contribution in [2.24, 2.45) is 0 Å². The smallest absolute Gasteiger partial charge is 0.219 e. The minimum atomic E-state index is 0.116. The number of hydrogen-bond donors (Lipinski definition) is 1. The van der Waals surface area contributed by atoms with Gasteiger partial charge in [0.2, 0.25) is 5.91 Å². The van der Waals surface area contributed by atoms with Crippen molar-refractivity contribution in [1.82, 2.24) is 14.9 Å². The Labute approximate surface area is 78.0 Å². The Balaban J connectivity index is 2.05. The lowest BCUT2D eigenvalue weighted by atomic mass is 10.4. The number of hydrogen-bond acceptors (Lipinski definition) is 2. The summed E-state index contributed by atoms with van der Waals surface area (Å²) in [6, 6.07) is 0. The number of carbonyl (C=O) groups excluding carboxylic acids is 1. The third-order valence-corrected chi connectivity index (χ3v) is 1.80. The van der Waals surface area contributed by atoms with Crippen LogP contribution in [-0.4, -0.2) is 22.0 Å². The molecule has 1 rings (SSSR count). The predicted octanol–water partition coefficient (Wildman–Crippen LogP) is 0.799. The molecule has 0 spiro atoms. The summed E-state index contributed by atoms with van der Waals surface area (Å²) in [6.45, 7) is 3.50. The van der Waals surface area contributed by atoms with Gasteiger partial charge in [0.15, 0.2) is 0 Å². The molecule has 13 heavy (non-hydrogen) atoms. The summed E-state index contributed by atoms with van der Waals surface area (Å²) in [4.78, 5) is 14.8. The van der Waals surface area contributed by atoms with E-state index in [2.05, 4.69) is 10.3 Å². The Kier molecular flexibility index (Phi) is 4.02. The van der Waals surface area contributed by atoms with Crippen LogP contribution in [0.4, 0.5) is 0 Å². The molecule has 0 atom stereocenters. The Morgan fingerprint density at radius 3 is 3.08 bits per heavy atom. The number of nitrogens with zero attached hydrogens (tertiary/aromatic N) is 2. The lowest BCUT2D eigenvalue weighted by Gasteiger charge is -2.03. The molecule has 0 aliphatic heterocycles. The average molecular weight is 181 g/mol. The van der Waals surface area contributed by atoms with Crippen molar-refractivity contribution in [2.45, 2.75) is 26.3 Å². The molecule has 1 heterocycles. The van der Waals surface area contributed by atoms with Crippen molar-refractivity contribution in [3.8, 4) is 0 Å². The molecule has 0 fully saturated rings. The van der Waals surface area contributed by atoms with E-state index in [1.807, 2.05) is 17.7 Å². The SMILES string of the molecule is CCC(=O)NCCCn1ccnc1. The van der Waals surface area contributed by atoms with Crippen molar-refractivity contribution >= 4 is 5.91 Å². The van der Waals surface area contributed by atoms with Crippen molar-refractivity contribution in [1.29, 1.82) is 0 Å². The van der Waals surface area contributed by atoms with Gasteiger partial charge in [-0.3, -0.25) is 4.79 Å². The monoisotopic (exact) mass is 181 g/mol. The third-order valence-electron chi connectivity index (χ3n) is 1.80. The van der Waals surface area contributed by atoms with Gasteiger partial charge in [-0.15, -0.1) is 0 Å². The molecular formula is C9H15N3O. The summed E-state index contributed by atoms with van der Waals surface area (Å²) in [6.07, 6.45) is 6.96. The minimum absolute atomic E-state index is 0.116. The zero-order valence-corrected chi connectivity index (χ0v) is 7.86. The highest BCUT2D eigenvalue weighted by molar-refractivity contribution is 5.75. The molecule has 72 valence electrons. The third kappa shape index (κ3) is 3.73. The van der Waals surface area contributed by atoms with Crippen LogP contribution in [0.5, 0.6) is 0 Å². The Hall–Kier alpha value is -1.32. The van der Waals surface area contributed by atoms with E-state index >= 15 is 0 Å². The van der Waals surface area contributed by atoms with E-state index in [4.69, 9.17) is 0 Å². The minimum Gasteiger partial charge on any atom is -0.356 e. The summed E-state index contributed by atoms with van der Waals surface area (Å²) < 4.78 is 2.00. The summed E-state index contributed by atoms with van der Waals surface area (Å²) in [5, 5.41) is 2.82. The molecule has 0 unspecified atom stereocenters. The van der Waals surface area contributed by atoms with Crippen LogP contribution >= 0.6 is 0 Å². The molecular weight excluding hydrogens is 166 g/mol. The van der Waals surface area contributed by atoms with Gasteiger partial charge in [-0.1, -0.05) is 6.92 Å². The maximum absolute atomic E-state index is 10.8. The van der Waals surface area contributed by atoms with Crippen LogP contribution in [0, 0.1) is 0 Å². The fourth-order valence-corrected chi connectivity index (χ4v) is 1.03. The number of aryl methyl sites for hydroxylation is 1. The van der Waals surface area contributed by atoms with Gasteiger partial charge >= 0.3 is 0 Å². The summed E-state index contributed by atoms with van der Waals surface area (Å²) in [7, 11) is 0. The number of carbonyl (C=O) groups is 1. The quantitative estimate of drug-likeness (QED) is 0.683. The van der Waals surface area contributed by atoms with Crippen LogP contribution < -0.4 is 5.32 Å². The first-order chi connectivity index (χ1) is 6.33. The highest BCUT2D eigenvalue weighted by Crippen LogP contribution is 1.89. The molecule has 0 saturated heterocycles. The van der Waals surface area contributed by atoms with E-state index in [1.54, 1.807) is 12.5 Å². The zero-order valence-electron chi connectivity index (χ0n) is 7.86. The first-order valence-corrected chi connectivity index (χ1v) is 4.55. The lowest BCUT2D eigenvalue weighted by Crippen LogP contribution is -2.23. The summed E-state index contributed by atoms with van der Waals surface area (Å²) >= 11 is 0. The number of aromatic nitrogens is 2. The van der Waals surface area contributed by atoms with Crippen LogP contribution in [0.3, 0.4) is 0 Å². The van der Waals surface area contributed by atoms with E-state index in [0.29, 0.717) is 6.42 Å². The fraction of sp³-hybridized carbons (Fsp3) is 0.556. The molecule has 1 aromatic rings. The normalized spacial score (nSPS) is 9.92. The van der Waals surface area contributed by atoms with Gasteiger partial charge in [-0.2, -0.15) is 0 Å². The Morgan fingerprint density at radius 1 is 1.62 bits per heavy atom. The van der Waals surface area contributed by atoms with Crippen LogP contribution in [-0.2, 0) is 11.3 Å². The van der Waals surface area contributed by atoms with Crippen LogP contribution in [0.1, 0.15) is 19.8 Å². The van der Waals surface area contributed by atoms with E-state index in [1.165, 1.54) is 0 Å². The highest BCUT2D eigenvalue weighted by Gasteiger charge is 1.95. The van der Waals surface area contributed by atoms with Gasteiger partial charge in [0.25, 0.3) is 0 Å². The molecule has 0 radical (unpaired) electrons. The van der Waals surface area contributed by atoms with E-state index in [0.717, 1.165) is 19.5 Å². The molecule has 0 aliphatic carbocycles. The van der Waals surface area contributed by atoms with Crippen molar-refractivity contribution in [2.75, 3.05) is 6.54 Å². The van der Waals surface area contributed by atoms with E-state index in [9.17, 15) is 4.79 Å². The first kappa shape index (κ1) is 9.77. The highest BCUT2D eigenvalue weighted by atomic mass is 16.1. The fourth-order valence-electron chi connectivity index (χ4n) is 1.03. The Bertz CT molecular complexity index is 243. The molecule has 4 nitrogen and oxygen atoms in total. The Morgan fingerprint density at radius 2 is 2.46 bits per heavy atom. The molecule has 0 aromatic carbocycles. The second kappa shape index (κ2) is 5.35. The predicted molar refractivity (Wildman–Crippen MR) is 50.1 cm³/mol. The van der Waals surface area contributed by atoms with Gasteiger partial charge < -0.3 is 9.88 Å². The van der Waals surface area contributed by atoms with E-state index < -0.39 is 0 Å². The number of nitrogens with one attached hydrogen (secondary N) is 1.